The Bertz CT molecular complexity index is 512. The van der Waals surface area contributed by atoms with E-state index in [9.17, 15) is 8.76 Å². The maximum Gasteiger partial charge on any atom is 0.154 e. The van der Waals surface area contributed by atoms with E-state index in [1.165, 1.54) is 16.2 Å². The Labute approximate surface area is 93.9 Å². The third-order valence-electron chi connectivity index (χ3n) is 1.88. The summed E-state index contributed by atoms with van der Waals surface area (Å²) in [4.78, 5) is 4.23. The van der Waals surface area contributed by atoms with E-state index in [4.69, 9.17) is 11.8 Å². The van der Waals surface area contributed by atoms with Gasteiger partial charge in [0.25, 0.3) is 0 Å². The van der Waals surface area contributed by atoms with Gasteiger partial charge in [0.1, 0.15) is 0 Å². The van der Waals surface area contributed by atoms with Crippen LogP contribution in [0.3, 0.4) is 0 Å². The Morgan fingerprint density at radius 1 is 1.47 bits per heavy atom. The molecule has 0 fully saturated rings. The van der Waals surface area contributed by atoms with Gasteiger partial charge in [0.05, 0.1) is 0 Å². The lowest BCUT2D eigenvalue weighted by atomic mass is 10.2. The molecule has 0 saturated carbocycles. The second-order valence-corrected chi connectivity index (χ2v) is 4.13. The number of aromatic nitrogens is 2. The highest BCUT2D eigenvalue weighted by Gasteiger charge is 2.04. The van der Waals surface area contributed by atoms with Gasteiger partial charge < -0.3 is 4.55 Å². The van der Waals surface area contributed by atoms with Gasteiger partial charge in [-0.05, 0) is 23.2 Å². The average Bonchev–Trinajstić information content (AvgIpc) is 2.64. The Kier molecular flexibility index (Phi) is 2.86. The van der Waals surface area contributed by atoms with Crippen molar-refractivity contribution in [2.75, 3.05) is 0 Å². The van der Waals surface area contributed by atoms with Gasteiger partial charge >= 0.3 is 0 Å². The number of hydrogen-bond acceptors (Lipinski definition) is 3. The molecule has 0 aliphatic heterocycles. The van der Waals surface area contributed by atoms with Gasteiger partial charge in [-0.25, -0.2) is 9.07 Å². The van der Waals surface area contributed by atoms with E-state index in [0.717, 1.165) is 0 Å². The molecule has 78 valence electrons. The zero-order valence-corrected chi connectivity index (χ0v) is 9.03. The lowest BCUT2D eigenvalue weighted by Crippen LogP contribution is -1.91. The van der Waals surface area contributed by atoms with E-state index >= 15 is 0 Å². The summed E-state index contributed by atoms with van der Waals surface area (Å²) in [6.07, 6.45) is 3.13. The quantitative estimate of drug-likeness (QED) is 0.754. The molecule has 0 radical (unpaired) electrons. The van der Waals surface area contributed by atoms with Gasteiger partial charge in [0.2, 0.25) is 0 Å². The van der Waals surface area contributed by atoms with E-state index in [-0.39, 0.29) is 4.90 Å². The molecule has 0 bridgehead atoms. The summed E-state index contributed by atoms with van der Waals surface area (Å²) in [5.41, 5.74) is 0.664. The van der Waals surface area contributed by atoms with Crippen LogP contribution < -0.4 is 0 Å². The molecule has 15 heavy (non-hydrogen) atoms. The zero-order valence-electron chi connectivity index (χ0n) is 7.46. The fourth-order valence-corrected chi connectivity index (χ4v) is 1.83. The van der Waals surface area contributed by atoms with Crippen molar-refractivity contribution < 1.29 is 8.76 Å². The third kappa shape index (κ3) is 2.09. The number of rotatable bonds is 2. The van der Waals surface area contributed by atoms with Crippen molar-refractivity contribution in [2.45, 2.75) is 4.90 Å². The molecule has 1 heterocycles. The van der Waals surface area contributed by atoms with E-state index in [2.05, 4.69) is 4.98 Å². The summed E-state index contributed by atoms with van der Waals surface area (Å²) in [5.74, 6) is 0.518. The van der Waals surface area contributed by atoms with Crippen LogP contribution in [0, 0.1) is 0 Å². The molecule has 4 nitrogen and oxygen atoms in total. The van der Waals surface area contributed by atoms with Crippen molar-refractivity contribution in [3.05, 3.63) is 36.7 Å². The number of imidazole rings is 1. The molecule has 0 spiro atoms. The molecule has 1 aromatic carbocycles. The second kappa shape index (κ2) is 4.14. The Hall–Kier alpha value is -1.17. The second-order valence-electron chi connectivity index (χ2n) is 2.82. The van der Waals surface area contributed by atoms with Crippen LogP contribution in [0.2, 0.25) is 0 Å². The number of halogens is 1. The standard InChI is InChI=1S/C9H7ClN2O2S/c10-12-5-4-11-9(12)7-2-1-3-8(6-7)15(13)14/h1-6H,(H,13,14)/p-1. The Morgan fingerprint density at radius 3 is 2.87 bits per heavy atom. The predicted molar refractivity (Wildman–Crippen MR) is 56.1 cm³/mol. The molecular formula is C9H6ClN2O2S-. The maximum atomic E-state index is 10.7. The van der Waals surface area contributed by atoms with Crippen LogP contribution in [-0.4, -0.2) is 17.8 Å². The van der Waals surface area contributed by atoms with Crippen LogP contribution in [-0.2, 0) is 11.1 Å². The van der Waals surface area contributed by atoms with Crippen molar-refractivity contribution in [3.63, 3.8) is 0 Å². The molecule has 2 rings (SSSR count). The summed E-state index contributed by atoms with van der Waals surface area (Å²) in [6, 6.07) is 6.42. The molecule has 0 aliphatic carbocycles. The van der Waals surface area contributed by atoms with Crippen LogP contribution in [0.1, 0.15) is 0 Å². The SMILES string of the molecule is O=S([O-])c1cccc(-c2nccn2Cl)c1. The molecule has 0 saturated heterocycles. The van der Waals surface area contributed by atoms with Crippen LogP contribution in [0.15, 0.2) is 41.6 Å². The smallest absolute Gasteiger partial charge is 0.154 e. The highest BCUT2D eigenvalue weighted by atomic mass is 35.5. The first kappa shape index (κ1) is 10.4. The van der Waals surface area contributed by atoms with Crippen molar-refractivity contribution in [2.24, 2.45) is 0 Å². The fraction of sp³-hybridized carbons (Fsp3) is 0. The van der Waals surface area contributed by atoms with Crippen molar-refractivity contribution >= 4 is 22.9 Å². The van der Waals surface area contributed by atoms with Crippen LogP contribution in [0.5, 0.6) is 0 Å². The van der Waals surface area contributed by atoms with Gasteiger partial charge in [0, 0.05) is 34.6 Å². The predicted octanol–water partition coefficient (Wildman–Crippen LogP) is 1.79. The van der Waals surface area contributed by atoms with Crippen LogP contribution >= 0.6 is 11.8 Å². The highest BCUT2D eigenvalue weighted by Crippen LogP contribution is 2.20. The summed E-state index contributed by atoms with van der Waals surface area (Å²) in [6.45, 7) is 0. The first-order chi connectivity index (χ1) is 7.18. The molecule has 0 amide bonds. The largest absolute Gasteiger partial charge is 0.768 e. The number of nitrogens with zero attached hydrogens (tertiary/aromatic N) is 2. The first-order valence-electron chi connectivity index (χ1n) is 4.07. The molecule has 0 aliphatic rings. The molecule has 0 N–H and O–H groups in total. The lowest BCUT2D eigenvalue weighted by Gasteiger charge is -2.06. The van der Waals surface area contributed by atoms with Crippen LogP contribution in [0.4, 0.5) is 0 Å². The van der Waals surface area contributed by atoms with Gasteiger partial charge in [-0.1, -0.05) is 12.1 Å². The topological polar surface area (TPSA) is 57.9 Å². The summed E-state index contributed by atoms with van der Waals surface area (Å²) < 4.78 is 22.8. The molecule has 1 unspecified atom stereocenters. The van der Waals surface area contributed by atoms with Crippen molar-refractivity contribution in [3.8, 4) is 11.4 Å². The monoisotopic (exact) mass is 241 g/mol. The molecule has 1 aromatic heterocycles. The zero-order chi connectivity index (χ0) is 10.8. The van der Waals surface area contributed by atoms with Crippen molar-refractivity contribution in [1.82, 2.24) is 9.07 Å². The van der Waals surface area contributed by atoms with E-state index in [0.29, 0.717) is 11.4 Å². The van der Waals surface area contributed by atoms with Crippen molar-refractivity contribution in [1.29, 1.82) is 0 Å². The summed E-state index contributed by atoms with van der Waals surface area (Å²) in [5, 5.41) is 0. The normalized spacial score (nSPS) is 12.7. The summed E-state index contributed by atoms with van der Waals surface area (Å²) in [7, 11) is 0. The molecular weight excluding hydrogens is 236 g/mol. The minimum absolute atomic E-state index is 0.215. The van der Waals surface area contributed by atoms with Gasteiger partial charge in [-0.15, -0.1) is 0 Å². The third-order valence-corrected chi connectivity index (χ3v) is 2.79. The van der Waals surface area contributed by atoms with Gasteiger partial charge in [-0.2, -0.15) is 0 Å². The average molecular weight is 242 g/mol. The van der Waals surface area contributed by atoms with E-state index in [1.54, 1.807) is 24.5 Å². The van der Waals surface area contributed by atoms with E-state index < -0.39 is 11.1 Å². The number of hydrogen-bond donors (Lipinski definition) is 0. The van der Waals surface area contributed by atoms with Gasteiger partial charge in [0.15, 0.2) is 5.82 Å². The minimum Gasteiger partial charge on any atom is -0.768 e. The molecule has 6 heteroatoms. The van der Waals surface area contributed by atoms with Crippen LogP contribution in [0.25, 0.3) is 11.4 Å². The first-order valence-corrected chi connectivity index (χ1v) is 5.49. The highest BCUT2D eigenvalue weighted by molar-refractivity contribution is 7.79. The molecule has 2 aromatic rings. The molecule has 1 atom stereocenters. The van der Waals surface area contributed by atoms with E-state index in [1.807, 2.05) is 0 Å². The Morgan fingerprint density at radius 2 is 2.27 bits per heavy atom. The minimum atomic E-state index is -2.24. The lowest BCUT2D eigenvalue weighted by molar-refractivity contribution is 0.537. The van der Waals surface area contributed by atoms with Gasteiger partial charge in [-0.3, -0.25) is 4.21 Å². The summed E-state index contributed by atoms with van der Waals surface area (Å²) >= 11 is 3.57. The maximum absolute atomic E-state index is 10.7. The Balaban J connectivity index is 2.50. The fourth-order valence-electron chi connectivity index (χ4n) is 1.22. The number of benzene rings is 1.